The molecule has 1 atom stereocenters. The van der Waals surface area contributed by atoms with E-state index in [1.165, 1.54) is 0 Å². The monoisotopic (exact) mass is 638 g/mol. The molecule has 3 aromatic carbocycles. The molecule has 1 unspecified atom stereocenters. The Morgan fingerprint density at radius 2 is 1.73 bits per heavy atom. The number of nitrogens with zero attached hydrogens (tertiary/aromatic N) is 6. The lowest BCUT2D eigenvalue weighted by Crippen LogP contribution is -2.46. The number of benzene rings is 3. The number of aromatic nitrogens is 4. The number of nitrogens with one attached hydrogen (secondary N) is 2. The third-order valence-corrected chi connectivity index (χ3v) is 9.17. The summed E-state index contributed by atoms with van der Waals surface area (Å²) in [5.74, 6) is 0. The average Bonchev–Trinajstić information content (AvgIpc) is 3.53. The van der Waals surface area contributed by atoms with Crippen LogP contribution in [0.15, 0.2) is 79.1 Å². The van der Waals surface area contributed by atoms with Crippen LogP contribution in [-0.4, -0.2) is 43.5 Å². The number of piperidine rings is 1. The lowest BCUT2D eigenvalue weighted by molar-refractivity contribution is 0.0866. The van der Waals surface area contributed by atoms with Crippen LogP contribution in [0.25, 0.3) is 10.9 Å². The summed E-state index contributed by atoms with van der Waals surface area (Å²) in [6, 6.07) is 24.0. The van der Waals surface area contributed by atoms with Crippen molar-refractivity contribution in [3.8, 4) is 6.07 Å². The Morgan fingerprint density at radius 1 is 1.00 bits per heavy atom. The third-order valence-electron chi connectivity index (χ3n) is 8.51. The summed E-state index contributed by atoms with van der Waals surface area (Å²) in [5.41, 5.74) is 5.39. The van der Waals surface area contributed by atoms with Gasteiger partial charge in [0.2, 0.25) is 0 Å². The first-order chi connectivity index (χ1) is 21.7. The molecule has 45 heavy (non-hydrogen) atoms. The van der Waals surface area contributed by atoms with Crippen LogP contribution in [0.2, 0.25) is 10.0 Å². The van der Waals surface area contributed by atoms with Gasteiger partial charge in [0.05, 0.1) is 40.1 Å². The molecule has 8 nitrogen and oxygen atoms in total. The van der Waals surface area contributed by atoms with Crippen molar-refractivity contribution in [3.05, 3.63) is 112 Å². The zero-order valence-corrected chi connectivity index (χ0v) is 27.1. The van der Waals surface area contributed by atoms with Crippen molar-refractivity contribution in [3.63, 3.8) is 0 Å². The summed E-state index contributed by atoms with van der Waals surface area (Å²) in [4.78, 5) is 7.05. The molecule has 230 valence electrons. The van der Waals surface area contributed by atoms with Crippen LogP contribution in [-0.2, 0) is 6.54 Å². The molecule has 0 saturated carbocycles. The number of rotatable bonds is 8. The van der Waals surface area contributed by atoms with E-state index in [4.69, 9.17) is 23.2 Å². The van der Waals surface area contributed by atoms with Gasteiger partial charge in [0.15, 0.2) is 0 Å². The smallest absolute Gasteiger partial charge is 0.109 e. The fourth-order valence-electron chi connectivity index (χ4n) is 5.99. The zero-order chi connectivity index (χ0) is 31.6. The molecule has 0 spiro atoms. The molecule has 6 rings (SSSR count). The SMILES string of the molecule is CC(C)(C)N1CCC(n2cc(C(Nc3cc(Cl)c4ncc(C#N)c(NCc5ccccc5Cl)c4c3)c3ccccc3)nn2)CC1. The maximum absolute atomic E-state index is 9.95. The molecule has 3 heterocycles. The van der Waals surface area contributed by atoms with Gasteiger partial charge in [-0.2, -0.15) is 5.26 Å². The molecular weight excluding hydrogens is 603 g/mol. The number of hydrogen-bond donors (Lipinski definition) is 2. The van der Waals surface area contributed by atoms with Crippen molar-refractivity contribution < 1.29 is 0 Å². The van der Waals surface area contributed by atoms with Gasteiger partial charge in [0.25, 0.3) is 0 Å². The number of halogens is 2. The number of likely N-dealkylation sites (tertiary alicyclic amines) is 1. The van der Waals surface area contributed by atoms with Crippen LogP contribution in [0.5, 0.6) is 0 Å². The van der Waals surface area contributed by atoms with E-state index in [0.717, 1.165) is 53.8 Å². The maximum atomic E-state index is 9.95. The van der Waals surface area contributed by atoms with Crippen molar-refractivity contribution >= 4 is 45.5 Å². The number of anilines is 2. The number of hydrogen-bond acceptors (Lipinski definition) is 7. The fraction of sp³-hybridized carbons (Fsp3) is 0.314. The molecule has 1 aliphatic heterocycles. The van der Waals surface area contributed by atoms with E-state index in [1.54, 1.807) is 6.20 Å². The summed E-state index contributed by atoms with van der Waals surface area (Å²) in [5, 5.41) is 28.2. The highest BCUT2D eigenvalue weighted by atomic mass is 35.5. The number of fused-ring (bicyclic) bond motifs is 1. The normalized spacial score (nSPS) is 15.1. The molecule has 0 amide bonds. The van der Waals surface area contributed by atoms with E-state index in [9.17, 15) is 5.26 Å². The minimum absolute atomic E-state index is 0.162. The van der Waals surface area contributed by atoms with E-state index < -0.39 is 0 Å². The highest BCUT2D eigenvalue weighted by Crippen LogP contribution is 2.36. The van der Waals surface area contributed by atoms with Gasteiger partial charge in [-0.15, -0.1) is 5.10 Å². The Labute approximate surface area is 274 Å². The molecule has 2 aromatic heterocycles. The Morgan fingerprint density at radius 3 is 2.44 bits per heavy atom. The zero-order valence-electron chi connectivity index (χ0n) is 25.6. The molecule has 1 saturated heterocycles. The molecule has 1 fully saturated rings. The van der Waals surface area contributed by atoms with Crippen molar-refractivity contribution in [1.29, 1.82) is 5.26 Å². The predicted octanol–water partition coefficient (Wildman–Crippen LogP) is 8.25. The Bertz CT molecular complexity index is 1830. The van der Waals surface area contributed by atoms with E-state index in [1.807, 2.05) is 59.3 Å². The highest BCUT2D eigenvalue weighted by molar-refractivity contribution is 6.36. The van der Waals surface area contributed by atoms with Gasteiger partial charge in [-0.05, 0) is 62.9 Å². The van der Waals surface area contributed by atoms with Gasteiger partial charge in [-0.1, -0.05) is 76.9 Å². The van der Waals surface area contributed by atoms with Gasteiger partial charge in [0.1, 0.15) is 11.8 Å². The third kappa shape index (κ3) is 6.76. The van der Waals surface area contributed by atoms with E-state index in [0.29, 0.717) is 39.4 Å². The molecule has 0 radical (unpaired) electrons. The number of pyridine rings is 1. The van der Waals surface area contributed by atoms with E-state index >= 15 is 0 Å². The average molecular weight is 640 g/mol. The van der Waals surface area contributed by atoms with Gasteiger partial charge >= 0.3 is 0 Å². The summed E-state index contributed by atoms with van der Waals surface area (Å²) >= 11 is 13.2. The summed E-state index contributed by atoms with van der Waals surface area (Å²) in [7, 11) is 0. The first kappa shape index (κ1) is 30.8. The van der Waals surface area contributed by atoms with E-state index in [2.05, 4.69) is 76.0 Å². The van der Waals surface area contributed by atoms with Crippen molar-refractivity contribution in [2.45, 2.75) is 57.8 Å². The van der Waals surface area contributed by atoms with Gasteiger partial charge in [0, 0.05) is 47.5 Å². The molecule has 5 aromatic rings. The van der Waals surface area contributed by atoms with Crippen molar-refractivity contribution in [2.75, 3.05) is 23.7 Å². The molecule has 10 heteroatoms. The maximum Gasteiger partial charge on any atom is 0.109 e. The molecule has 0 aliphatic carbocycles. The predicted molar refractivity (Wildman–Crippen MR) is 182 cm³/mol. The van der Waals surface area contributed by atoms with Crippen LogP contribution < -0.4 is 10.6 Å². The van der Waals surface area contributed by atoms with Gasteiger partial charge in [-0.25, -0.2) is 4.68 Å². The largest absolute Gasteiger partial charge is 0.379 e. The summed E-state index contributed by atoms with van der Waals surface area (Å²) in [6.45, 7) is 9.31. The van der Waals surface area contributed by atoms with Crippen molar-refractivity contribution in [1.82, 2.24) is 24.9 Å². The van der Waals surface area contributed by atoms with Crippen LogP contribution in [0.4, 0.5) is 11.4 Å². The second-order valence-corrected chi connectivity index (χ2v) is 13.3. The van der Waals surface area contributed by atoms with Crippen molar-refractivity contribution in [2.24, 2.45) is 0 Å². The standard InChI is InChI=1S/C35H36Cl2N8/c1-35(2,3)44-15-13-27(14-16-44)45-22-31(42-43-45)33(23-9-5-4-6-10-23)41-26-17-28-32(39-20-24-11-7-8-12-29(24)36)25(19-38)21-40-34(28)30(37)18-26/h4-12,17-18,21-22,27,33,41H,13-16,20H2,1-3H3,(H,39,40). The van der Waals surface area contributed by atoms with Gasteiger partial charge in [-0.3, -0.25) is 9.88 Å². The van der Waals surface area contributed by atoms with Crippen LogP contribution in [0, 0.1) is 11.3 Å². The molecule has 2 N–H and O–H groups in total. The summed E-state index contributed by atoms with van der Waals surface area (Å²) in [6.07, 6.45) is 5.67. The Balaban J connectivity index is 1.32. The van der Waals surface area contributed by atoms with E-state index in [-0.39, 0.29) is 11.6 Å². The second kappa shape index (κ2) is 13.1. The lowest BCUT2D eigenvalue weighted by Gasteiger charge is -2.40. The quantitative estimate of drug-likeness (QED) is 0.177. The molecule has 1 aliphatic rings. The second-order valence-electron chi connectivity index (χ2n) is 12.5. The van der Waals surface area contributed by atoms with Crippen LogP contribution >= 0.6 is 23.2 Å². The van der Waals surface area contributed by atoms with Crippen LogP contribution in [0.1, 0.15) is 68.1 Å². The Kier molecular flexibility index (Phi) is 8.95. The minimum atomic E-state index is -0.283. The highest BCUT2D eigenvalue weighted by Gasteiger charge is 2.29. The molecular formula is C35H36Cl2N8. The topological polar surface area (TPSA) is 94.7 Å². The van der Waals surface area contributed by atoms with Crippen LogP contribution in [0.3, 0.4) is 0 Å². The fourth-order valence-corrected chi connectivity index (χ4v) is 6.46. The van der Waals surface area contributed by atoms with Gasteiger partial charge < -0.3 is 10.6 Å². The lowest BCUT2D eigenvalue weighted by atomic mass is 9.98. The Hall–Kier alpha value is -4.16. The first-order valence-electron chi connectivity index (χ1n) is 15.2. The number of nitriles is 1. The minimum Gasteiger partial charge on any atom is -0.379 e. The first-order valence-corrected chi connectivity index (χ1v) is 15.9. The summed E-state index contributed by atoms with van der Waals surface area (Å²) < 4.78 is 2.03. The molecule has 0 bridgehead atoms.